The van der Waals surface area contributed by atoms with Crippen LogP contribution in [0.5, 0.6) is 0 Å². The predicted molar refractivity (Wildman–Crippen MR) is 65.7 cm³/mol. The van der Waals surface area contributed by atoms with Crippen molar-refractivity contribution in [2.45, 2.75) is 45.6 Å². The molecule has 0 radical (unpaired) electrons. The Labute approximate surface area is 96.7 Å². The van der Waals surface area contributed by atoms with E-state index >= 15 is 0 Å². The zero-order valence-electron chi connectivity index (χ0n) is 9.69. The van der Waals surface area contributed by atoms with Gasteiger partial charge < -0.3 is 4.74 Å². The van der Waals surface area contributed by atoms with Gasteiger partial charge in [-0.25, -0.2) is 0 Å². The summed E-state index contributed by atoms with van der Waals surface area (Å²) in [7, 11) is 1.74. The van der Waals surface area contributed by atoms with Gasteiger partial charge in [0, 0.05) is 18.9 Å². The van der Waals surface area contributed by atoms with Crippen LogP contribution in [0.2, 0.25) is 0 Å². The molecule has 1 unspecified atom stereocenters. The third-order valence-electron chi connectivity index (χ3n) is 2.04. The zero-order chi connectivity index (χ0) is 11.0. The summed E-state index contributed by atoms with van der Waals surface area (Å²) < 4.78 is 5.44. The second-order valence-corrected chi connectivity index (χ2v) is 4.92. The minimum atomic E-state index is -0.263. The van der Waals surface area contributed by atoms with E-state index in [1.54, 1.807) is 7.11 Å². The smallest absolute Gasteiger partial charge is 0.125 e. The number of unbranched alkanes of at least 4 members (excludes halogenated alkanes) is 1. The van der Waals surface area contributed by atoms with Gasteiger partial charge in [-0.05, 0) is 25.7 Å². The lowest BCUT2D eigenvalue weighted by Crippen LogP contribution is -2.27. The van der Waals surface area contributed by atoms with E-state index in [1.807, 2.05) is 0 Å². The van der Waals surface area contributed by atoms with Crippen molar-refractivity contribution in [2.24, 2.45) is 5.92 Å². The van der Waals surface area contributed by atoms with Gasteiger partial charge in [0.2, 0.25) is 0 Å². The summed E-state index contributed by atoms with van der Waals surface area (Å²) in [5.74, 6) is 7.01. The van der Waals surface area contributed by atoms with E-state index in [0.717, 1.165) is 24.6 Å². The van der Waals surface area contributed by atoms with Gasteiger partial charge in [-0.2, -0.15) is 0 Å². The molecule has 1 nitrogen and oxygen atoms in total. The van der Waals surface area contributed by atoms with Crippen molar-refractivity contribution in [3.8, 4) is 11.8 Å². The van der Waals surface area contributed by atoms with E-state index in [1.165, 1.54) is 0 Å². The molecule has 2 heteroatoms. The van der Waals surface area contributed by atoms with Crippen molar-refractivity contribution in [1.82, 2.24) is 0 Å². The average molecular weight is 261 g/mol. The van der Waals surface area contributed by atoms with Gasteiger partial charge >= 0.3 is 0 Å². The molecule has 0 spiro atoms. The molecular weight excluding hydrogens is 240 g/mol. The SMILES string of the molecule is COC(C)(C#CCCCBr)CC(C)C. The summed E-state index contributed by atoms with van der Waals surface area (Å²) in [5.41, 5.74) is -0.263. The van der Waals surface area contributed by atoms with E-state index in [0.29, 0.717) is 5.92 Å². The molecule has 0 saturated carbocycles. The number of halogens is 1. The van der Waals surface area contributed by atoms with E-state index in [4.69, 9.17) is 4.74 Å². The van der Waals surface area contributed by atoms with Gasteiger partial charge in [0.25, 0.3) is 0 Å². The summed E-state index contributed by atoms with van der Waals surface area (Å²) in [6.45, 7) is 6.45. The lowest BCUT2D eigenvalue weighted by Gasteiger charge is -2.23. The molecule has 0 heterocycles. The summed E-state index contributed by atoms with van der Waals surface area (Å²) in [4.78, 5) is 0. The number of methoxy groups -OCH3 is 1. The van der Waals surface area contributed by atoms with Crippen molar-refractivity contribution >= 4 is 15.9 Å². The van der Waals surface area contributed by atoms with Crippen molar-refractivity contribution in [3.05, 3.63) is 0 Å². The van der Waals surface area contributed by atoms with Crippen molar-refractivity contribution in [2.75, 3.05) is 12.4 Å². The first-order chi connectivity index (χ1) is 6.54. The summed E-state index contributed by atoms with van der Waals surface area (Å²) >= 11 is 3.39. The monoisotopic (exact) mass is 260 g/mol. The van der Waals surface area contributed by atoms with Crippen molar-refractivity contribution in [1.29, 1.82) is 0 Å². The Hall–Kier alpha value is 0. The van der Waals surface area contributed by atoms with Crippen LogP contribution in [0.15, 0.2) is 0 Å². The maximum atomic E-state index is 5.44. The molecule has 0 N–H and O–H groups in total. The standard InChI is InChI=1S/C12H21BrO/c1-11(2)10-12(3,14-4)8-6-5-7-9-13/h11H,5,7,9-10H2,1-4H3. The Morgan fingerprint density at radius 1 is 1.43 bits per heavy atom. The molecule has 0 aromatic rings. The molecule has 82 valence electrons. The normalized spacial score (nSPS) is 14.7. The third-order valence-corrected chi connectivity index (χ3v) is 2.60. The lowest BCUT2D eigenvalue weighted by atomic mass is 9.94. The number of ether oxygens (including phenoxy) is 1. The van der Waals surface area contributed by atoms with Crippen LogP contribution in [0.3, 0.4) is 0 Å². The van der Waals surface area contributed by atoms with Crippen LogP contribution >= 0.6 is 15.9 Å². The molecule has 1 atom stereocenters. The Bertz CT molecular complexity index is 202. The zero-order valence-corrected chi connectivity index (χ0v) is 11.3. The van der Waals surface area contributed by atoms with Gasteiger partial charge in [-0.1, -0.05) is 35.7 Å². The maximum Gasteiger partial charge on any atom is 0.125 e. The van der Waals surface area contributed by atoms with Crippen LogP contribution in [0.25, 0.3) is 0 Å². The summed E-state index contributed by atoms with van der Waals surface area (Å²) in [5, 5.41) is 1.02. The Morgan fingerprint density at radius 2 is 2.07 bits per heavy atom. The molecule has 0 aliphatic carbocycles. The topological polar surface area (TPSA) is 9.23 Å². The minimum Gasteiger partial charge on any atom is -0.366 e. The molecular formula is C12H21BrO. The quantitative estimate of drug-likeness (QED) is 0.417. The fourth-order valence-electron chi connectivity index (χ4n) is 1.37. The Balaban J connectivity index is 4.13. The van der Waals surface area contributed by atoms with E-state index in [9.17, 15) is 0 Å². The number of rotatable bonds is 5. The third kappa shape index (κ3) is 6.45. The highest BCUT2D eigenvalue weighted by Gasteiger charge is 2.21. The number of hydrogen-bond acceptors (Lipinski definition) is 1. The second-order valence-electron chi connectivity index (χ2n) is 4.13. The van der Waals surface area contributed by atoms with E-state index in [-0.39, 0.29) is 5.60 Å². The van der Waals surface area contributed by atoms with E-state index < -0.39 is 0 Å². The first-order valence-electron chi connectivity index (χ1n) is 5.15. The lowest BCUT2D eigenvalue weighted by molar-refractivity contribution is 0.0395. The Kier molecular flexibility index (Phi) is 7.31. The molecule has 14 heavy (non-hydrogen) atoms. The van der Waals surface area contributed by atoms with Gasteiger partial charge in [0.15, 0.2) is 0 Å². The Morgan fingerprint density at radius 3 is 2.50 bits per heavy atom. The molecule has 0 saturated heterocycles. The van der Waals surface area contributed by atoms with Gasteiger partial charge in [-0.15, -0.1) is 5.92 Å². The van der Waals surface area contributed by atoms with E-state index in [2.05, 4.69) is 48.5 Å². The average Bonchev–Trinajstić information content (AvgIpc) is 2.11. The first-order valence-corrected chi connectivity index (χ1v) is 6.27. The predicted octanol–water partition coefficient (Wildman–Crippen LogP) is 3.62. The van der Waals surface area contributed by atoms with Crippen molar-refractivity contribution in [3.63, 3.8) is 0 Å². The molecule has 0 fully saturated rings. The van der Waals surface area contributed by atoms with Crippen LogP contribution in [0.1, 0.15) is 40.0 Å². The van der Waals surface area contributed by atoms with Gasteiger partial charge in [0.1, 0.15) is 5.60 Å². The summed E-state index contributed by atoms with van der Waals surface area (Å²) in [6.07, 6.45) is 3.04. The highest BCUT2D eigenvalue weighted by molar-refractivity contribution is 9.09. The number of hydrogen-bond donors (Lipinski definition) is 0. The molecule has 0 aromatic carbocycles. The molecule has 0 aromatic heterocycles. The van der Waals surface area contributed by atoms with Crippen LogP contribution in [0, 0.1) is 17.8 Å². The minimum absolute atomic E-state index is 0.263. The number of alkyl halides is 1. The summed E-state index contributed by atoms with van der Waals surface area (Å²) in [6, 6.07) is 0. The fraction of sp³-hybridized carbons (Fsp3) is 0.833. The first kappa shape index (κ1) is 14.0. The largest absolute Gasteiger partial charge is 0.366 e. The molecule has 0 bridgehead atoms. The molecule has 0 aliphatic rings. The highest BCUT2D eigenvalue weighted by Crippen LogP contribution is 2.19. The van der Waals surface area contributed by atoms with Crippen LogP contribution in [-0.2, 0) is 4.74 Å². The van der Waals surface area contributed by atoms with Crippen molar-refractivity contribution < 1.29 is 4.74 Å². The highest BCUT2D eigenvalue weighted by atomic mass is 79.9. The maximum absolute atomic E-state index is 5.44. The molecule has 0 aliphatic heterocycles. The fourth-order valence-corrected chi connectivity index (χ4v) is 1.65. The molecule has 0 amide bonds. The molecule has 0 rings (SSSR count). The van der Waals surface area contributed by atoms with Crippen LogP contribution in [-0.4, -0.2) is 18.0 Å². The van der Waals surface area contributed by atoms with Crippen LogP contribution < -0.4 is 0 Å². The van der Waals surface area contributed by atoms with Crippen LogP contribution in [0.4, 0.5) is 0 Å². The van der Waals surface area contributed by atoms with Gasteiger partial charge in [0.05, 0.1) is 0 Å². The van der Waals surface area contributed by atoms with Gasteiger partial charge in [-0.3, -0.25) is 0 Å². The second kappa shape index (κ2) is 7.31.